The van der Waals surface area contributed by atoms with Crippen molar-refractivity contribution in [2.24, 2.45) is 0 Å². The van der Waals surface area contributed by atoms with E-state index in [1.165, 1.54) is 11.3 Å². The highest BCUT2D eigenvalue weighted by atomic mass is 32.1. The van der Waals surface area contributed by atoms with Crippen LogP contribution in [0.2, 0.25) is 0 Å². The zero-order valence-electron chi connectivity index (χ0n) is 17.6. The van der Waals surface area contributed by atoms with E-state index >= 15 is 0 Å². The first kappa shape index (κ1) is 24.1. The van der Waals surface area contributed by atoms with Crippen LogP contribution < -0.4 is 21.1 Å². The molecule has 9 nitrogen and oxygen atoms in total. The number of carbonyl (C=O) groups is 1. The Balaban J connectivity index is 1.45. The molecule has 3 rings (SSSR count). The predicted molar refractivity (Wildman–Crippen MR) is 118 cm³/mol. The minimum absolute atomic E-state index is 0.196. The quantitative estimate of drug-likeness (QED) is 0.546. The number of nitriles is 1. The topological polar surface area (TPSA) is 117 Å². The molecule has 0 spiro atoms. The number of carbonyl (C=O) groups excluding carboxylic acids is 1. The van der Waals surface area contributed by atoms with Crippen LogP contribution in [0.3, 0.4) is 0 Å². The molecule has 2 aromatic rings. The van der Waals surface area contributed by atoms with Gasteiger partial charge in [0.15, 0.2) is 0 Å². The molecule has 3 N–H and O–H groups in total. The maximum absolute atomic E-state index is 13.1. The van der Waals surface area contributed by atoms with Crippen molar-refractivity contribution < 1.29 is 18.0 Å². The van der Waals surface area contributed by atoms with Crippen molar-refractivity contribution in [3.63, 3.8) is 0 Å². The molecule has 33 heavy (non-hydrogen) atoms. The molecular formula is C20H22F3N7O2S. The van der Waals surface area contributed by atoms with Crippen LogP contribution in [0.4, 0.5) is 28.7 Å². The number of thiophene rings is 1. The summed E-state index contributed by atoms with van der Waals surface area (Å²) in [5.41, 5.74) is -3.07. The van der Waals surface area contributed by atoms with Crippen molar-refractivity contribution in [1.82, 2.24) is 20.4 Å². The highest BCUT2D eigenvalue weighted by Crippen LogP contribution is 2.31. The number of hydrogen-bond acceptors (Lipinski definition) is 7. The molecule has 1 saturated heterocycles. The van der Waals surface area contributed by atoms with Gasteiger partial charge in [-0.1, -0.05) is 12.2 Å². The van der Waals surface area contributed by atoms with E-state index in [1.807, 2.05) is 6.07 Å². The Morgan fingerprint density at radius 1 is 1.36 bits per heavy atom. The molecule has 0 bridgehead atoms. The maximum atomic E-state index is 13.1. The fourth-order valence-electron chi connectivity index (χ4n) is 3.30. The van der Waals surface area contributed by atoms with Crippen molar-refractivity contribution in [1.29, 1.82) is 5.26 Å². The summed E-state index contributed by atoms with van der Waals surface area (Å²) < 4.78 is 39.3. The summed E-state index contributed by atoms with van der Waals surface area (Å²) >= 11 is 1.42. The zero-order valence-corrected chi connectivity index (χ0v) is 18.5. The Bertz CT molecular complexity index is 1100. The Labute approximate surface area is 191 Å². The van der Waals surface area contributed by atoms with Gasteiger partial charge in [-0.05, 0) is 19.1 Å². The number of nitrogens with zero attached hydrogens (tertiary/aromatic N) is 4. The first-order valence-corrected chi connectivity index (χ1v) is 10.9. The van der Waals surface area contributed by atoms with Crippen molar-refractivity contribution >= 4 is 28.1 Å². The fourth-order valence-corrected chi connectivity index (χ4v) is 4.16. The molecule has 1 aliphatic rings. The molecule has 1 atom stereocenters. The lowest BCUT2D eigenvalue weighted by molar-refractivity contribution is -0.138. The van der Waals surface area contributed by atoms with Crippen molar-refractivity contribution in [2.45, 2.75) is 19.1 Å². The van der Waals surface area contributed by atoms with Crippen LogP contribution >= 0.6 is 11.3 Å². The standard InChI is InChI=1S/C20H22F3N7O2S/c1-13(27-15-12-26-28-18(31)17(15)20(21,22)23)3-2-6-25-19(32)30-9-7-29(8-10-30)16-5-4-14(11-24)33-16/h2-5,12-13H,6-10H2,1H3,(H,25,32)(H2,27,28,31)/b3-2+. The second kappa shape index (κ2) is 10.4. The van der Waals surface area contributed by atoms with E-state index in [1.54, 1.807) is 35.1 Å². The summed E-state index contributed by atoms with van der Waals surface area (Å²) in [5.74, 6) is 0. The molecule has 0 saturated carbocycles. The number of nitrogens with one attached hydrogen (secondary N) is 3. The Morgan fingerprint density at radius 2 is 2.09 bits per heavy atom. The van der Waals surface area contributed by atoms with Gasteiger partial charge >= 0.3 is 12.2 Å². The van der Waals surface area contributed by atoms with E-state index in [-0.39, 0.29) is 12.6 Å². The Morgan fingerprint density at radius 3 is 2.73 bits per heavy atom. The van der Waals surface area contributed by atoms with E-state index in [4.69, 9.17) is 5.26 Å². The van der Waals surface area contributed by atoms with E-state index in [0.29, 0.717) is 31.1 Å². The molecule has 1 fully saturated rings. The summed E-state index contributed by atoms with van der Waals surface area (Å²) in [5, 5.41) is 20.5. The number of alkyl halides is 3. The molecule has 3 heterocycles. The second-order valence-electron chi connectivity index (χ2n) is 7.26. The summed E-state index contributed by atoms with van der Waals surface area (Å²) in [6, 6.07) is 5.01. The third kappa shape index (κ3) is 6.26. The largest absolute Gasteiger partial charge is 0.423 e. The molecule has 1 unspecified atom stereocenters. The maximum Gasteiger partial charge on any atom is 0.423 e. The van der Waals surface area contributed by atoms with Gasteiger partial charge in [-0.2, -0.15) is 23.5 Å². The lowest BCUT2D eigenvalue weighted by Gasteiger charge is -2.35. The van der Waals surface area contributed by atoms with E-state index in [0.717, 1.165) is 11.2 Å². The number of aromatic amines is 1. The van der Waals surface area contributed by atoms with Crippen LogP contribution in [-0.4, -0.2) is 59.9 Å². The average Bonchev–Trinajstić information content (AvgIpc) is 3.25. The SMILES string of the molecule is CC(/C=C/CNC(=O)N1CCN(c2ccc(C#N)s2)CC1)Nc1cn[nH]c(=O)c1C(F)(F)F. The number of rotatable bonds is 6. The van der Waals surface area contributed by atoms with Crippen molar-refractivity contribution in [2.75, 3.05) is 42.9 Å². The van der Waals surface area contributed by atoms with Gasteiger partial charge in [-0.3, -0.25) is 4.79 Å². The fraction of sp³-hybridized carbons (Fsp3) is 0.400. The number of urea groups is 1. The number of anilines is 2. The summed E-state index contributed by atoms with van der Waals surface area (Å²) in [6.45, 7) is 4.18. The number of H-pyrrole nitrogens is 1. The number of piperazine rings is 1. The third-order valence-electron chi connectivity index (χ3n) is 4.90. The Kier molecular flexibility index (Phi) is 7.59. The van der Waals surface area contributed by atoms with Gasteiger partial charge in [0.1, 0.15) is 16.5 Å². The summed E-state index contributed by atoms with van der Waals surface area (Å²) in [7, 11) is 0. The van der Waals surface area contributed by atoms with Gasteiger partial charge in [-0.15, -0.1) is 11.3 Å². The smallest absolute Gasteiger partial charge is 0.377 e. The molecule has 176 valence electrons. The lowest BCUT2D eigenvalue weighted by atomic mass is 10.2. The summed E-state index contributed by atoms with van der Waals surface area (Å²) in [4.78, 5) is 28.3. The van der Waals surface area contributed by atoms with Gasteiger partial charge in [-0.25, -0.2) is 9.89 Å². The van der Waals surface area contributed by atoms with Crippen LogP contribution in [0.5, 0.6) is 0 Å². The highest BCUT2D eigenvalue weighted by Gasteiger charge is 2.37. The minimum atomic E-state index is -4.82. The van der Waals surface area contributed by atoms with E-state index in [2.05, 4.69) is 26.7 Å². The normalized spacial score (nSPS) is 15.4. The van der Waals surface area contributed by atoms with Crippen LogP contribution in [0.25, 0.3) is 0 Å². The summed E-state index contributed by atoms with van der Waals surface area (Å²) in [6.07, 6.45) is -0.701. The van der Waals surface area contributed by atoms with Crippen LogP contribution in [-0.2, 0) is 6.18 Å². The third-order valence-corrected chi connectivity index (χ3v) is 5.95. The minimum Gasteiger partial charge on any atom is -0.377 e. The lowest BCUT2D eigenvalue weighted by Crippen LogP contribution is -2.51. The van der Waals surface area contributed by atoms with Crippen LogP contribution in [0.15, 0.2) is 35.3 Å². The monoisotopic (exact) mass is 481 g/mol. The molecule has 13 heteroatoms. The van der Waals surface area contributed by atoms with E-state index in [9.17, 15) is 22.8 Å². The van der Waals surface area contributed by atoms with Crippen LogP contribution in [0.1, 0.15) is 17.4 Å². The molecule has 2 amide bonds. The average molecular weight is 482 g/mol. The first-order valence-electron chi connectivity index (χ1n) is 10.0. The highest BCUT2D eigenvalue weighted by molar-refractivity contribution is 7.16. The zero-order chi connectivity index (χ0) is 24.0. The number of hydrogen-bond donors (Lipinski definition) is 3. The van der Waals surface area contributed by atoms with Gasteiger partial charge in [0.25, 0.3) is 5.56 Å². The number of amides is 2. The molecule has 0 aromatic carbocycles. The number of aromatic nitrogens is 2. The van der Waals surface area contributed by atoms with Crippen LogP contribution in [0, 0.1) is 11.3 Å². The molecule has 0 radical (unpaired) electrons. The number of halogens is 3. The van der Waals surface area contributed by atoms with Gasteiger partial charge in [0.2, 0.25) is 0 Å². The predicted octanol–water partition coefficient (Wildman–Crippen LogP) is 2.61. The first-order chi connectivity index (χ1) is 15.7. The van der Waals surface area contributed by atoms with Crippen molar-refractivity contribution in [3.05, 3.63) is 51.3 Å². The molecule has 2 aromatic heterocycles. The van der Waals surface area contributed by atoms with Crippen molar-refractivity contribution in [3.8, 4) is 6.07 Å². The Hall–Kier alpha value is -3.53. The van der Waals surface area contributed by atoms with Gasteiger partial charge in [0.05, 0.1) is 16.9 Å². The second-order valence-corrected chi connectivity index (χ2v) is 8.32. The molecular weight excluding hydrogens is 459 g/mol. The van der Waals surface area contributed by atoms with Gasteiger partial charge in [0, 0.05) is 38.8 Å². The van der Waals surface area contributed by atoms with Gasteiger partial charge < -0.3 is 20.4 Å². The molecule has 1 aliphatic heterocycles. The molecule has 0 aliphatic carbocycles. The van der Waals surface area contributed by atoms with E-state index < -0.39 is 29.0 Å².